The molecular formula is C35H49N9O4S. The van der Waals surface area contributed by atoms with Gasteiger partial charge in [-0.3, -0.25) is 4.90 Å². The molecule has 3 aromatic heterocycles. The van der Waals surface area contributed by atoms with Crippen LogP contribution < -0.4 is 15.5 Å². The average Bonchev–Trinajstić information content (AvgIpc) is 3.65. The third kappa shape index (κ3) is 7.34. The molecule has 0 spiro atoms. The summed E-state index contributed by atoms with van der Waals surface area (Å²) in [5.74, 6) is 1.73. The van der Waals surface area contributed by atoms with Crippen molar-refractivity contribution in [1.29, 1.82) is 5.26 Å². The van der Waals surface area contributed by atoms with E-state index in [1.165, 1.54) is 11.3 Å². The molecule has 49 heavy (non-hydrogen) atoms. The average molecular weight is 692 g/mol. The number of pyridine rings is 1. The summed E-state index contributed by atoms with van der Waals surface area (Å²) in [6, 6.07) is 6.71. The first-order valence-corrected chi connectivity index (χ1v) is 18.1. The molecule has 3 aliphatic rings. The minimum Gasteiger partial charge on any atom is -0.444 e. The van der Waals surface area contributed by atoms with Crippen LogP contribution in [0.5, 0.6) is 0 Å². The Labute approximate surface area is 292 Å². The second kappa shape index (κ2) is 14.1. The maximum Gasteiger partial charge on any atom is 0.410 e. The van der Waals surface area contributed by atoms with Gasteiger partial charge in [-0.25, -0.2) is 9.78 Å². The van der Waals surface area contributed by atoms with E-state index in [0.717, 1.165) is 73.8 Å². The maximum absolute atomic E-state index is 12.8. The molecule has 13 nitrogen and oxygen atoms in total. The number of hydrogen-bond donors (Lipinski definition) is 1. The van der Waals surface area contributed by atoms with Crippen LogP contribution in [-0.4, -0.2) is 109 Å². The summed E-state index contributed by atoms with van der Waals surface area (Å²) >= 11 is 1.49. The zero-order chi connectivity index (χ0) is 34.9. The van der Waals surface area contributed by atoms with Crippen molar-refractivity contribution in [3.63, 3.8) is 0 Å². The predicted octanol–water partition coefficient (Wildman–Crippen LogP) is 4.89. The smallest absolute Gasteiger partial charge is 0.410 e. The van der Waals surface area contributed by atoms with E-state index in [1.54, 1.807) is 12.0 Å². The standard InChI is InChI=1S/C35H49N9O4S/c1-23-22-41(17-18-46-6)11-8-12-44(23)28-20-24(42-13-15-43(16-14-42)33(45)47-34(2,3)4)19-26(38-28)31-39-32(48-40-31)35(5)10-7-9-27-29(35)25(21-36)30(37)49-27/h19-20,23H,7-18,22,37H2,1-6H3/t23-,35-/m0/s1. The molecule has 2 N–H and O–H groups in total. The van der Waals surface area contributed by atoms with Crippen LogP contribution in [0.2, 0.25) is 0 Å². The van der Waals surface area contributed by atoms with Crippen LogP contribution in [0.3, 0.4) is 0 Å². The molecule has 3 aromatic rings. The number of carbonyl (C=O) groups is 1. The zero-order valence-electron chi connectivity index (χ0n) is 29.6. The summed E-state index contributed by atoms with van der Waals surface area (Å²) in [4.78, 5) is 32.9. The summed E-state index contributed by atoms with van der Waals surface area (Å²) in [6.07, 6.45) is 3.31. The molecule has 2 fully saturated rings. The quantitative estimate of drug-likeness (QED) is 0.359. The summed E-state index contributed by atoms with van der Waals surface area (Å²) < 4.78 is 17.0. The van der Waals surface area contributed by atoms with E-state index in [1.807, 2.05) is 26.8 Å². The largest absolute Gasteiger partial charge is 0.444 e. The molecule has 2 saturated heterocycles. The highest BCUT2D eigenvalue weighted by atomic mass is 32.1. The molecule has 0 unspecified atom stereocenters. The lowest BCUT2D eigenvalue weighted by atomic mass is 9.72. The van der Waals surface area contributed by atoms with E-state index in [9.17, 15) is 10.1 Å². The molecule has 0 radical (unpaired) electrons. The van der Waals surface area contributed by atoms with Crippen LogP contribution in [0.4, 0.5) is 21.3 Å². The normalized spacial score (nSPS) is 22.1. The van der Waals surface area contributed by atoms with Gasteiger partial charge in [0.05, 0.1) is 17.6 Å². The number of nitriles is 1. The molecule has 0 aromatic carbocycles. The Bertz CT molecular complexity index is 1690. The molecule has 2 atom stereocenters. The van der Waals surface area contributed by atoms with Crippen molar-refractivity contribution in [3.05, 3.63) is 34.0 Å². The first kappa shape index (κ1) is 34.9. The number of amides is 1. The molecule has 1 aliphatic carbocycles. The number of fused-ring (bicyclic) bond motifs is 1. The summed E-state index contributed by atoms with van der Waals surface area (Å²) in [5, 5.41) is 15.0. The molecule has 264 valence electrons. The number of nitrogens with two attached hydrogens (primary N) is 1. The summed E-state index contributed by atoms with van der Waals surface area (Å²) in [7, 11) is 1.74. The number of thiophene rings is 1. The Balaban J connectivity index is 1.33. The van der Waals surface area contributed by atoms with Crippen molar-refractivity contribution in [2.24, 2.45) is 0 Å². The Morgan fingerprint density at radius 1 is 1.16 bits per heavy atom. The molecular weight excluding hydrogens is 643 g/mol. The SMILES string of the molecule is COCCN1CCCN(c2cc(N3CCN(C(=O)OC(C)(C)C)CC3)cc(-c3noc([C@@]4(C)CCCc5sc(N)c(C#N)c54)n3)n2)[C@@H](C)C1. The highest BCUT2D eigenvalue weighted by Gasteiger charge is 2.43. The van der Waals surface area contributed by atoms with Crippen molar-refractivity contribution >= 4 is 33.9 Å². The lowest BCUT2D eigenvalue weighted by Crippen LogP contribution is -2.50. The van der Waals surface area contributed by atoms with Gasteiger partial charge >= 0.3 is 6.09 Å². The second-order valence-electron chi connectivity index (χ2n) is 14.6. The number of piperazine rings is 1. The maximum atomic E-state index is 12.8. The number of anilines is 3. The van der Waals surface area contributed by atoms with Crippen LogP contribution in [0.1, 0.15) is 75.8 Å². The fourth-order valence-corrected chi connectivity index (χ4v) is 8.48. The van der Waals surface area contributed by atoms with Crippen molar-refractivity contribution in [3.8, 4) is 17.6 Å². The first-order chi connectivity index (χ1) is 23.4. The Morgan fingerprint density at radius 3 is 2.65 bits per heavy atom. The third-order valence-electron chi connectivity index (χ3n) is 9.81. The van der Waals surface area contributed by atoms with Gasteiger partial charge in [-0.05, 0) is 72.9 Å². The van der Waals surface area contributed by atoms with E-state index in [-0.39, 0.29) is 12.1 Å². The fraction of sp³-hybridized carbons (Fsp3) is 0.629. The van der Waals surface area contributed by atoms with Gasteiger partial charge in [-0.2, -0.15) is 10.2 Å². The number of aromatic nitrogens is 3. The molecule has 2 aliphatic heterocycles. The Hall–Kier alpha value is -3.93. The number of hydrogen-bond acceptors (Lipinski definition) is 13. The number of methoxy groups -OCH3 is 1. The second-order valence-corrected chi connectivity index (χ2v) is 15.7. The lowest BCUT2D eigenvalue weighted by molar-refractivity contribution is 0.0240. The van der Waals surface area contributed by atoms with Crippen molar-refractivity contribution in [2.45, 2.75) is 77.4 Å². The van der Waals surface area contributed by atoms with E-state index < -0.39 is 11.0 Å². The summed E-state index contributed by atoms with van der Waals surface area (Å²) in [5.41, 5.74) is 8.16. The van der Waals surface area contributed by atoms with Crippen LogP contribution >= 0.6 is 11.3 Å². The van der Waals surface area contributed by atoms with Gasteiger partial charge in [0, 0.05) is 81.2 Å². The lowest BCUT2D eigenvalue weighted by Gasteiger charge is -2.37. The van der Waals surface area contributed by atoms with E-state index in [0.29, 0.717) is 60.8 Å². The van der Waals surface area contributed by atoms with Gasteiger partial charge in [-0.1, -0.05) is 5.16 Å². The minimum atomic E-state index is -0.624. The Morgan fingerprint density at radius 2 is 1.94 bits per heavy atom. The van der Waals surface area contributed by atoms with Crippen molar-refractivity contribution in [2.75, 3.05) is 81.6 Å². The van der Waals surface area contributed by atoms with Gasteiger partial charge < -0.3 is 34.4 Å². The van der Waals surface area contributed by atoms with Crippen LogP contribution in [0, 0.1) is 11.3 Å². The van der Waals surface area contributed by atoms with Crippen LogP contribution in [0.25, 0.3) is 11.5 Å². The number of nitrogen functional groups attached to an aromatic ring is 1. The monoisotopic (exact) mass is 691 g/mol. The topological polar surface area (TPSA) is 150 Å². The number of rotatable bonds is 7. The molecule has 1 amide bonds. The minimum absolute atomic E-state index is 0.216. The van der Waals surface area contributed by atoms with Gasteiger partial charge in [0.2, 0.25) is 11.7 Å². The van der Waals surface area contributed by atoms with Crippen LogP contribution in [-0.2, 0) is 21.3 Å². The molecule has 0 bridgehead atoms. The van der Waals surface area contributed by atoms with E-state index >= 15 is 0 Å². The molecule has 0 saturated carbocycles. The number of aryl methyl sites for hydroxylation is 1. The number of nitrogens with zero attached hydrogens (tertiary/aromatic N) is 8. The van der Waals surface area contributed by atoms with Gasteiger partial charge in [0.25, 0.3) is 0 Å². The molecule has 14 heteroatoms. The third-order valence-corrected chi connectivity index (χ3v) is 10.9. The number of ether oxygens (including phenoxy) is 2. The highest BCUT2D eigenvalue weighted by Crippen LogP contribution is 2.48. The zero-order valence-corrected chi connectivity index (χ0v) is 30.4. The van der Waals surface area contributed by atoms with Gasteiger partial charge in [-0.15, -0.1) is 11.3 Å². The highest BCUT2D eigenvalue weighted by molar-refractivity contribution is 7.16. The molecule has 6 rings (SSSR count). The van der Waals surface area contributed by atoms with Crippen LogP contribution in [0.15, 0.2) is 16.7 Å². The number of carbonyl (C=O) groups excluding carboxylic acids is 1. The van der Waals surface area contributed by atoms with Gasteiger partial charge in [0.1, 0.15) is 28.2 Å². The van der Waals surface area contributed by atoms with Gasteiger partial charge in [0.15, 0.2) is 0 Å². The fourth-order valence-electron chi connectivity index (χ4n) is 7.29. The predicted molar refractivity (Wildman–Crippen MR) is 190 cm³/mol. The summed E-state index contributed by atoms with van der Waals surface area (Å²) in [6.45, 7) is 16.7. The van der Waals surface area contributed by atoms with E-state index in [4.69, 9.17) is 29.7 Å². The van der Waals surface area contributed by atoms with Crippen molar-refractivity contribution in [1.82, 2.24) is 24.9 Å². The first-order valence-electron chi connectivity index (χ1n) is 17.3. The van der Waals surface area contributed by atoms with E-state index in [2.05, 4.69) is 45.8 Å². The molecule has 5 heterocycles. The Kier molecular flexibility index (Phi) is 10.1. The van der Waals surface area contributed by atoms with Crippen molar-refractivity contribution < 1.29 is 18.8 Å².